The van der Waals surface area contributed by atoms with Crippen molar-refractivity contribution in [1.29, 1.82) is 0 Å². The molecule has 2 rings (SSSR count). The van der Waals surface area contributed by atoms with Gasteiger partial charge in [0.05, 0.1) is 0 Å². The molecule has 0 aromatic rings. The monoisotopic (exact) mass is 212 g/mol. The minimum Gasteiger partial charge on any atom is -0.444 e. The second-order valence-corrected chi connectivity index (χ2v) is 5.59. The van der Waals surface area contributed by atoms with Gasteiger partial charge in [0.25, 0.3) is 0 Å². The molecule has 15 heavy (non-hydrogen) atoms. The van der Waals surface area contributed by atoms with Crippen molar-refractivity contribution in [2.75, 3.05) is 19.6 Å². The quantitative estimate of drug-likeness (QED) is 0.656. The normalized spacial score (nSPS) is 30.5. The van der Waals surface area contributed by atoms with Gasteiger partial charge in [-0.15, -0.1) is 0 Å². The smallest absolute Gasteiger partial charge is 0.410 e. The Kier molecular flexibility index (Phi) is 2.63. The van der Waals surface area contributed by atoms with Crippen LogP contribution < -0.4 is 5.32 Å². The lowest BCUT2D eigenvalue weighted by atomic mass is 10.0. The van der Waals surface area contributed by atoms with Crippen LogP contribution in [0.1, 0.15) is 27.2 Å². The predicted molar refractivity (Wildman–Crippen MR) is 57.7 cm³/mol. The average molecular weight is 212 g/mol. The van der Waals surface area contributed by atoms with E-state index in [1.807, 2.05) is 25.7 Å². The number of likely N-dealkylation sites (tertiary alicyclic amines) is 1. The Bertz CT molecular complexity index is 248. The molecule has 0 spiro atoms. The number of carbonyl (C=O) groups is 1. The number of fused-ring (bicyclic) bond motifs is 2. The second-order valence-electron chi connectivity index (χ2n) is 5.59. The van der Waals surface area contributed by atoms with Crippen molar-refractivity contribution in [1.82, 2.24) is 10.2 Å². The Morgan fingerprint density at radius 2 is 2.13 bits per heavy atom. The van der Waals surface area contributed by atoms with Crippen LogP contribution >= 0.6 is 0 Å². The first-order chi connectivity index (χ1) is 6.94. The van der Waals surface area contributed by atoms with E-state index < -0.39 is 0 Å². The first-order valence-electron chi connectivity index (χ1n) is 5.65. The maximum atomic E-state index is 11.8. The number of carbonyl (C=O) groups excluding carboxylic acids is 1. The third kappa shape index (κ3) is 2.62. The number of hydrogen-bond donors (Lipinski definition) is 1. The number of amides is 1. The number of nitrogens with one attached hydrogen (secondary N) is 1. The molecular formula is C11H20N2O2. The lowest BCUT2D eigenvalue weighted by Gasteiger charge is -2.32. The van der Waals surface area contributed by atoms with Crippen LogP contribution in [0.3, 0.4) is 0 Å². The summed E-state index contributed by atoms with van der Waals surface area (Å²) in [5.74, 6) is 0.622. The Morgan fingerprint density at radius 1 is 1.40 bits per heavy atom. The summed E-state index contributed by atoms with van der Waals surface area (Å²) in [6, 6.07) is 0.483. The van der Waals surface area contributed by atoms with Crippen molar-refractivity contribution >= 4 is 6.09 Å². The molecule has 2 saturated heterocycles. The Morgan fingerprint density at radius 3 is 2.73 bits per heavy atom. The molecule has 0 aromatic heterocycles. The van der Waals surface area contributed by atoms with Gasteiger partial charge in [0.15, 0.2) is 0 Å². The highest BCUT2D eigenvalue weighted by atomic mass is 16.6. The number of nitrogens with zero attached hydrogens (tertiary/aromatic N) is 1. The maximum Gasteiger partial charge on any atom is 0.410 e. The van der Waals surface area contributed by atoms with Gasteiger partial charge >= 0.3 is 6.09 Å². The molecule has 1 amide bonds. The van der Waals surface area contributed by atoms with Crippen LogP contribution in [-0.4, -0.2) is 42.3 Å². The zero-order valence-electron chi connectivity index (χ0n) is 9.75. The van der Waals surface area contributed by atoms with Gasteiger partial charge in [-0.1, -0.05) is 0 Å². The SMILES string of the molecule is CC(C)(C)OC(=O)N1C[C@H]2CN[C@@H](C2)C1. The van der Waals surface area contributed by atoms with Crippen LogP contribution in [0.15, 0.2) is 0 Å². The molecule has 4 nitrogen and oxygen atoms in total. The fourth-order valence-electron chi connectivity index (χ4n) is 2.31. The molecule has 2 atom stereocenters. The zero-order chi connectivity index (χ0) is 11.1. The van der Waals surface area contributed by atoms with Gasteiger partial charge in [-0.3, -0.25) is 0 Å². The average Bonchev–Trinajstić information content (AvgIpc) is 2.42. The summed E-state index contributed by atoms with van der Waals surface area (Å²) in [5.41, 5.74) is -0.388. The van der Waals surface area contributed by atoms with E-state index in [1.165, 1.54) is 6.42 Å². The first-order valence-corrected chi connectivity index (χ1v) is 5.65. The molecule has 2 heterocycles. The number of piperidine rings is 1. The molecule has 0 unspecified atom stereocenters. The van der Waals surface area contributed by atoms with Crippen LogP contribution in [0.25, 0.3) is 0 Å². The molecule has 2 fully saturated rings. The van der Waals surface area contributed by atoms with Crippen molar-refractivity contribution in [3.05, 3.63) is 0 Å². The molecule has 0 aromatic carbocycles. The van der Waals surface area contributed by atoms with Gasteiger partial charge in [-0.05, 0) is 33.1 Å². The third-order valence-corrected chi connectivity index (χ3v) is 2.88. The summed E-state index contributed by atoms with van der Waals surface area (Å²) in [4.78, 5) is 13.6. The Balaban J connectivity index is 1.91. The van der Waals surface area contributed by atoms with Crippen molar-refractivity contribution in [2.24, 2.45) is 5.92 Å². The largest absolute Gasteiger partial charge is 0.444 e. The maximum absolute atomic E-state index is 11.8. The lowest BCUT2D eigenvalue weighted by molar-refractivity contribution is 0.0183. The topological polar surface area (TPSA) is 41.6 Å². The summed E-state index contributed by atoms with van der Waals surface area (Å²) in [7, 11) is 0. The minimum absolute atomic E-state index is 0.166. The third-order valence-electron chi connectivity index (χ3n) is 2.88. The highest BCUT2D eigenvalue weighted by molar-refractivity contribution is 5.68. The predicted octanol–water partition coefficient (Wildman–Crippen LogP) is 1.22. The standard InChI is InChI=1S/C11H20N2O2/c1-11(2,3)15-10(14)13-6-8-4-9(7-13)12-5-8/h8-9,12H,4-7H2,1-3H3/t8-,9+/m1/s1. The second kappa shape index (κ2) is 3.67. The minimum atomic E-state index is -0.388. The van der Waals surface area contributed by atoms with Gasteiger partial charge in [0.1, 0.15) is 5.60 Å². The van der Waals surface area contributed by atoms with Crippen LogP contribution in [-0.2, 0) is 4.74 Å². The molecule has 2 aliphatic heterocycles. The summed E-state index contributed by atoms with van der Waals surface area (Å²) in [6.45, 7) is 8.40. The van der Waals surface area contributed by atoms with Gasteiger partial charge in [-0.2, -0.15) is 0 Å². The molecule has 2 aliphatic rings. The molecule has 2 bridgehead atoms. The van der Waals surface area contributed by atoms with E-state index in [9.17, 15) is 4.79 Å². The van der Waals surface area contributed by atoms with E-state index in [-0.39, 0.29) is 11.7 Å². The van der Waals surface area contributed by atoms with Crippen molar-refractivity contribution < 1.29 is 9.53 Å². The van der Waals surface area contributed by atoms with E-state index >= 15 is 0 Å². The molecule has 0 saturated carbocycles. The van der Waals surface area contributed by atoms with E-state index in [4.69, 9.17) is 4.74 Å². The molecule has 1 N–H and O–H groups in total. The highest BCUT2D eigenvalue weighted by Gasteiger charge is 2.36. The van der Waals surface area contributed by atoms with Crippen LogP contribution in [0.4, 0.5) is 4.79 Å². The summed E-state index contributed by atoms with van der Waals surface area (Å²) in [5, 5.41) is 3.42. The lowest BCUT2D eigenvalue weighted by Crippen LogP contribution is -2.46. The van der Waals surface area contributed by atoms with E-state index in [2.05, 4.69) is 5.32 Å². The fourth-order valence-corrected chi connectivity index (χ4v) is 2.31. The number of ether oxygens (including phenoxy) is 1. The van der Waals surface area contributed by atoms with E-state index in [0.717, 1.165) is 19.6 Å². The van der Waals surface area contributed by atoms with Crippen LogP contribution in [0.2, 0.25) is 0 Å². The van der Waals surface area contributed by atoms with Gasteiger partial charge in [0, 0.05) is 25.7 Å². The first kappa shape index (κ1) is 10.7. The summed E-state index contributed by atoms with van der Waals surface area (Å²) in [6.07, 6.45) is 1.04. The molecule has 4 heteroatoms. The molecule has 86 valence electrons. The van der Waals surface area contributed by atoms with E-state index in [1.54, 1.807) is 0 Å². The van der Waals surface area contributed by atoms with E-state index in [0.29, 0.717) is 12.0 Å². The molecular weight excluding hydrogens is 192 g/mol. The Hall–Kier alpha value is -0.770. The summed E-state index contributed by atoms with van der Waals surface area (Å²) < 4.78 is 5.36. The fraction of sp³-hybridized carbons (Fsp3) is 0.909. The van der Waals surface area contributed by atoms with Crippen molar-refractivity contribution in [3.63, 3.8) is 0 Å². The zero-order valence-corrected chi connectivity index (χ0v) is 9.75. The van der Waals surface area contributed by atoms with Crippen LogP contribution in [0, 0.1) is 5.92 Å². The van der Waals surface area contributed by atoms with Crippen molar-refractivity contribution in [3.8, 4) is 0 Å². The highest BCUT2D eigenvalue weighted by Crippen LogP contribution is 2.23. The number of hydrogen-bond acceptors (Lipinski definition) is 3. The van der Waals surface area contributed by atoms with Gasteiger partial charge < -0.3 is 15.0 Å². The molecule has 0 aliphatic carbocycles. The Labute approximate surface area is 91.0 Å². The summed E-state index contributed by atoms with van der Waals surface area (Å²) >= 11 is 0. The van der Waals surface area contributed by atoms with Crippen molar-refractivity contribution in [2.45, 2.75) is 38.8 Å². The van der Waals surface area contributed by atoms with Crippen LogP contribution in [0.5, 0.6) is 0 Å². The van der Waals surface area contributed by atoms with Gasteiger partial charge in [0.2, 0.25) is 0 Å². The number of rotatable bonds is 0. The molecule has 0 radical (unpaired) electrons. The van der Waals surface area contributed by atoms with Gasteiger partial charge in [-0.25, -0.2) is 4.79 Å².